The Morgan fingerprint density at radius 3 is 2.79 bits per heavy atom. The average molecular weight is 416 g/mol. The Hall–Kier alpha value is -2.42. The first kappa shape index (κ1) is 18.6. The van der Waals surface area contributed by atoms with Gasteiger partial charge in [0.1, 0.15) is 0 Å². The van der Waals surface area contributed by atoms with E-state index in [9.17, 15) is 4.79 Å². The molecule has 3 aliphatic rings. The van der Waals surface area contributed by atoms with Crippen LogP contribution in [-0.4, -0.2) is 46.3 Å². The standard InChI is InChI=1S/C20H25N5O3S/c26-18(21-11-14-4-7-16-17(10-14)28-13-27-16)12-29-20-23-22-19(25(20)15-5-6-15)24-8-2-1-3-9-24/h4,7,10,15H,1-3,5-6,8-9,11-13H2,(H,21,26). The van der Waals surface area contributed by atoms with Crippen molar-refractivity contribution in [2.24, 2.45) is 0 Å². The van der Waals surface area contributed by atoms with Gasteiger partial charge in [0.25, 0.3) is 0 Å². The van der Waals surface area contributed by atoms with Gasteiger partial charge in [-0.05, 0) is 49.8 Å². The molecule has 1 aromatic heterocycles. The van der Waals surface area contributed by atoms with Crippen LogP contribution in [0.5, 0.6) is 11.5 Å². The third-order valence-corrected chi connectivity index (χ3v) is 6.40. The summed E-state index contributed by atoms with van der Waals surface area (Å²) in [5.74, 6) is 2.77. The van der Waals surface area contributed by atoms with Crippen molar-refractivity contribution >= 4 is 23.6 Å². The van der Waals surface area contributed by atoms with Gasteiger partial charge in [0, 0.05) is 25.7 Å². The number of ether oxygens (including phenoxy) is 2. The molecule has 1 amide bonds. The number of carbonyl (C=O) groups excluding carboxylic acids is 1. The zero-order chi connectivity index (χ0) is 19.6. The Morgan fingerprint density at radius 1 is 1.14 bits per heavy atom. The van der Waals surface area contributed by atoms with Gasteiger partial charge in [-0.15, -0.1) is 10.2 Å². The van der Waals surface area contributed by atoms with Crippen LogP contribution in [0.4, 0.5) is 5.95 Å². The number of hydrogen-bond acceptors (Lipinski definition) is 7. The molecule has 3 heterocycles. The molecule has 1 aromatic carbocycles. The van der Waals surface area contributed by atoms with Crippen LogP contribution < -0.4 is 19.7 Å². The molecule has 1 saturated heterocycles. The number of nitrogens with zero attached hydrogens (tertiary/aromatic N) is 4. The van der Waals surface area contributed by atoms with Crippen LogP contribution in [0.25, 0.3) is 0 Å². The minimum absolute atomic E-state index is 0.0162. The maximum absolute atomic E-state index is 12.4. The van der Waals surface area contributed by atoms with Crippen LogP contribution in [0.3, 0.4) is 0 Å². The quantitative estimate of drug-likeness (QED) is 0.697. The largest absolute Gasteiger partial charge is 0.454 e. The fourth-order valence-corrected chi connectivity index (χ4v) is 4.59. The maximum Gasteiger partial charge on any atom is 0.231 e. The van der Waals surface area contributed by atoms with E-state index in [1.807, 2.05) is 18.2 Å². The predicted molar refractivity (Wildman–Crippen MR) is 109 cm³/mol. The number of rotatable bonds is 7. The summed E-state index contributed by atoms with van der Waals surface area (Å²) in [4.78, 5) is 14.7. The Morgan fingerprint density at radius 2 is 1.97 bits per heavy atom. The first-order chi connectivity index (χ1) is 14.3. The Labute approximate surface area is 173 Å². The molecule has 2 aromatic rings. The summed E-state index contributed by atoms with van der Waals surface area (Å²) in [6, 6.07) is 6.21. The van der Waals surface area contributed by atoms with Crippen LogP contribution in [0, 0.1) is 0 Å². The molecule has 2 aliphatic heterocycles. The summed E-state index contributed by atoms with van der Waals surface area (Å²) in [5.41, 5.74) is 0.987. The number of benzene rings is 1. The molecular weight excluding hydrogens is 390 g/mol. The van der Waals surface area contributed by atoms with Crippen molar-refractivity contribution in [3.63, 3.8) is 0 Å². The van der Waals surface area contributed by atoms with Gasteiger partial charge in [-0.1, -0.05) is 17.8 Å². The molecule has 5 rings (SSSR count). The number of hydrogen-bond donors (Lipinski definition) is 1. The second-order valence-corrected chi connectivity index (χ2v) is 8.63. The van der Waals surface area contributed by atoms with Crippen molar-refractivity contribution < 1.29 is 14.3 Å². The molecule has 0 spiro atoms. The van der Waals surface area contributed by atoms with Crippen molar-refractivity contribution in [3.05, 3.63) is 23.8 Å². The van der Waals surface area contributed by atoms with Gasteiger partial charge in [0.2, 0.25) is 18.6 Å². The number of thioether (sulfide) groups is 1. The summed E-state index contributed by atoms with van der Waals surface area (Å²) in [7, 11) is 0. The second-order valence-electron chi connectivity index (χ2n) is 7.68. The fourth-order valence-electron chi connectivity index (χ4n) is 3.76. The Bertz CT molecular complexity index is 892. The molecule has 0 bridgehead atoms. The lowest BCUT2D eigenvalue weighted by Crippen LogP contribution is -2.32. The number of carbonyl (C=O) groups is 1. The molecule has 1 saturated carbocycles. The van der Waals surface area contributed by atoms with Crippen LogP contribution in [0.15, 0.2) is 23.4 Å². The topological polar surface area (TPSA) is 81.5 Å². The highest BCUT2D eigenvalue weighted by Crippen LogP contribution is 2.41. The molecule has 1 aliphatic carbocycles. The highest BCUT2D eigenvalue weighted by Gasteiger charge is 2.32. The van der Waals surface area contributed by atoms with E-state index in [-0.39, 0.29) is 12.7 Å². The van der Waals surface area contributed by atoms with E-state index in [4.69, 9.17) is 9.47 Å². The van der Waals surface area contributed by atoms with Crippen LogP contribution in [-0.2, 0) is 11.3 Å². The Balaban J connectivity index is 1.18. The smallest absolute Gasteiger partial charge is 0.231 e. The first-order valence-electron chi connectivity index (χ1n) is 10.3. The minimum Gasteiger partial charge on any atom is -0.454 e. The highest BCUT2D eigenvalue weighted by molar-refractivity contribution is 7.99. The number of fused-ring (bicyclic) bond motifs is 1. The lowest BCUT2D eigenvalue weighted by atomic mass is 10.1. The lowest BCUT2D eigenvalue weighted by Gasteiger charge is -2.27. The van der Waals surface area contributed by atoms with E-state index in [0.29, 0.717) is 18.3 Å². The highest BCUT2D eigenvalue weighted by atomic mass is 32.2. The van der Waals surface area contributed by atoms with Crippen LogP contribution in [0.1, 0.15) is 43.7 Å². The maximum atomic E-state index is 12.4. The zero-order valence-electron chi connectivity index (χ0n) is 16.3. The molecule has 29 heavy (non-hydrogen) atoms. The fraction of sp³-hybridized carbons (Fsp3) is 0.550. The summed E-state index contributed by atoms with van der Waals surface area (Å²) < 4.78 is 13.0. The van der Waals surface area contributed by atoms with Crippen molar-refractivity contribution in [1.29, 1.82) is 0 Å². The lowest BCUT2D eigenvalue weighted by molar-refractivity contribution is -0.118. The molecule has 0 atom stereocenters. The van der Waals surface area contributed by atoms with Gasteiger partial charge in [-0.2, -0.15) is 0 Å². The number of amides is 1. The third-order valence-electron chi connectivity index (χ3n) is 5.46. The van der Waals surface area contributed by atoms with Gasteiger partial charge in [0.15, 0.2) is 16.7 Å². The van der Waals surface area contributed by atoms with Gasteiger partial charge < -0.3 is 19.7 Å². The number of piperidine rings is 1. The molecule has 2 fully saturated rings. The van der Waals surface area contributed by atoms with Crippen molar-refractivity contribution in [2.45, 2.75) is 49.8 Å². The van der Waals surface area contributed by atoms with Crippen LogP contribution >= 0.6 is 11.8 Å². The number of nitrogens with one attached hydrogen (secondary N) is 1. The second kappa shape index (κ2) is 8.14. The summed E-state index contributed by atoms with van der Waals surface area (Å²) in [6.45, 7) is 2.81. The van der Waals surface area contributed by atoms with E-state index in [1.54, 1.807) is 0 Å². The number of anilines is 1. The monoisotopic (exact) mass is 415 g/mol. The van der Waals surface area contributed by atoms with Gasteiger partial charge in [0.05, 0.1) is 5.75 Å². The van der Waals surface area contributed by atoms with Crippen molar-refractivity contribution in [2.75, 3.05) is 30.5 Å². The first-order valence-corrected chi connectivity index (χ1v) is 11.2. The molecule has 9 heteroatoms. The molecule has 0 unspecified atom stereocenters. The van der Waals surface area contributed by atoms with Crippen molar-refractivity contribution in [1.82, 2.24) is 20.1 Å². The van der Waals surface area contributed by atoms with E-state index in [0.717, 1.165) is 41.3 Å². The number of aromatic nitrogens is 3. The van der Waals surface area contributed by atoms with E-state index in [2.05, 4.69) is 25.0 Å². The minimum atomic E-state index is -0.0162. The summed E-state index contributed by atoms with van der Waals surface area (Å²) >= 11 is 1.47. The van der Waals surface area contributed by atoms with Gasteiger partial charge in [-0.25, -0.2) is 0 Å². The molecular formula is C20H25N5O3S. The molecule has 8 nitrogen and oxygen atoms in total. The van der Waals surface area contributed by atoms with Gasteiger partial charge >= 0.3 is 0 Å². The zero-order valence-corrected chi connectivity index (χ0v) is 17.1. The molecule has 1 N–H and O–H groups in total. The summed E-state index contributed by atoms with van der Waals surface area (Å²) in [6.07, 6.45) is 6.05. The van der Waals surface area contributed by atoms with E-state index >= 15 is 0 Å². The molecule has 0 radical (unpaired) electrons. The van der Waals surface area contributed by atoms with E-state index < -0.39 is 0 Å². The normalized spacial score (nSPS) is 18.1. The molecule has 154 valence electrons. The SMILES string of the molecule is O=C(CSc1nnc(N2CCCCC2)n1C1CC1)NCc1ccc2c(c1)OCO2. The summed E-state index contributed by atoms with van der Waals surface area (Å²) in [5, 5.41) is 12.7. The van der Waals surface area contributed by atoms with Crippen LogP contribution in [0.2, 0.25) is 0 Å². The van der Waals surface area contributed by atoms with Gasteiger partial charge in [-0.3, -0.25) is 9.36 Å². The van der Waals surface area contributed by atoms with E-state index in [1.165, 1.54) is 43.9 Å². The van der Waals surface area contributed by atoms with Crippen molar-refractivity contribution in [3.8, 4) is 11.5 Å². The third kappa shape index (κ3) is 4.14. The predicted octanol–water partition coefficient (Wildman–Crippen LogP) is 2.74. The Kier molecular flexibility index (Phi) is 5.22. The average Bonchev–Trinajstić information content (AvgIpc) is 3.33.